The van der Waals surface area contributed by atoms with Gasteiger partial charge in [-0.05, 0) is 0 Å². The van der Waals surface area contributed by atoms with E-state index in [0.29, 0.717) is 0 Å². The first-order valence-corrected chi connectivity index (χ1v) is 8.14. The molecule has 0 rings (SSSR count). The minimum Gasteiger partial charge on any atom is -0.481 e. The molecule has 0 bridgehead atoms. The monoisotopic (exact) mass is 410 g/mol. The molecule has 0 radical (unpaired) electrons. The van der Waals surface area contributed by atoms with E-state index in [4.69, 9.17) is 21.1 Å². The molecule has 0 aromatic heterocycles. The van der Waals surface area contributed by atoms with Gasteiger partial charge in [0.2, 0.25) is 17.7 Å². The normalized spacial score (nSPS) is 15.0. The van der Waals surface area contributed by atoms with Gasteiger partial charge in [-0.2, -0.15) is 12.6 Å². The van der Waals surface area contributed by atoms with Gasteiger partial charge in [0.1, 0.15) is 24.2 Å². The van der Waals surface area contributed by atoms with Crippen molar-refractivity contribution in [2.75, 3.05) is 19.0 Å². The third kappa shape index (κ3) is 8.67. The van der Waals surface area contributed by atoms with Crippen LogP contribution in [0.3, 0.4) is 0 Å². The van der Waals surface area contributed by atoms with Gasteiger partial charge in [-0.15, -0.1) is 0 Å². The highest BCUT2D eigenvalue weighted by Gasteiger charge is 2.30. The molecule has 27 heavy (non-hydrogen) atoms. The van der Waals surface area contributed by atoms with Crippen molar-refractivity contribution in [1.29, 1.82) is 0 Å². The maximum absolute atomic E-state index is 12.1. The highest BCUT2D eigenvalue weighted by Crippen LogP contribution is 1.98. The van der Waals surface area contributed by atoms with Crippen molar-refractivity contribution in [3.63, 3.8) is 0 Å². The maximum atomic E-state index is 12.1. The lowest BCUT2D eigenvalue weighted by Gasteiger charge is -2.23. The molecule has 0 fully saturated rings. The summed E-state index contributed by atoms with van der Waals surface area (Å²) in [4.78, 5) is 57.3. The molecule has 0 aliphatic heterocycles. The van der Waals surface area contributed by atoms with Crippen LogP contribution in [-0.4, -0.2) is 93.2 Å². The van der Waals surface area contributed by atoms with Crippen LogP contribution < -0.4 is 21.7 Å². The van der Waals surface area contributed by atoms with Crippen molar-refractivity contribution in [3.8, 4) is 0 Å². The molecule has 154 valence electrons. The van der Waals surface area contributed by atoms with E-state index in [1.807, 2.05) is 5.32 Å². The number of amides is 3. The van der Waals surface area contributed by atoms with E-state index in [9.17, 15) is 29.1 Å². The standard InChI is InChI=1S/C13H22N4O9S/c14-5(2-18)10(22)16-7(3-19)11(23)17-8(4-27)12(24)15-6(13(25)26)1-9(20)21/h5-8,18-19,27H,1-4,14H2,(H,15,24)(H,16,22)(H,17,23)(H,20,21)(H,25,26). The molecule has 14 heteroatoms. The number of aliphatic carboxylic acids is 2. The Labute approximate surface area is 158 Å². The number of aliphatic hydroxyl groups excluding tert-OH is 2. The number of carboxylic acids is 2. The summed E-state index contributed by atoms with van der Waals surface area (Å²) in [6.45, 7) is -1.55. The van der Waals surface area contributed by atoms with Gasteiger partial charge in [-0.25, -0.2) is 4.79 Å². The van der Waals surface area contributed by atoms with Crippen molar-refractivity contribution in [2.45, 2.75) is 30.6 Å². The Morgan fingerprint density at radius 1 is 0.815 bits per heavy atom. The lowest BCUT2D eigenvalue weighted by Crippen LogP contribution is -2.59. The Kier molecular flexibility index (Phi) is 11.0. The molecule has 0 aliphatic rings. The highest BCUT2D eigenvalue weighted by molar-refractivity contribution is 7.80. The van der Waals surface area contributed by atoms with E-state index >= 15 is 0 Å². The summed E-state index contributed by atoms with van der Waals surface area (Å²) < 4.78 is 0. The van der Waals surface area contributed by atoms with Crippen LogP contribution in [0, 0.1) is 0 Å². The van der Waals surface area contributed by atoms with Gasteiger partial charge < -0.3 is 42.1 Å². The second-order valence-corrected chi connectivity index (χ2v) is 5.64. The fraction of sp³-hybridized carbons (Fsp3) is 0.615. The minimum absolute atomic E-state index is 0.292. The van der Waals surface area contributed by atoms with Crippen molar-refractivity contribution in [2.24, 2.45) is 5.73 Å². The minimum atomic E-state index is -1.73. The van der Waals surface area contributed by atoms with Gasteiger partial charge in [0, 0.05) is 5.75 Å². The van der Waals surface area contributed by atoms with Gasteiger partial charge in [-0.1, -0.05) is 0 Å². The number of hydrogen-bond acceptors (Lipinski definition) is 9. The van der Waals surface area contributed by atoms with Gasteiger partial charge in [-0.3, -0.25) is 19.2 Å². The quantitative estimate of drug-likeness (QED) is 0.139. The number of nitrogens with one attached hydrogen (secondary N) is 3. The van der Waals surface area contributed by atoms with Crippen LogP contribution >= 0.6 is 12.6 Å². The average molecular weight is 410 g/mol. The lowest BCUT2D eigenvalue weighted by atomic mass is 10.1. The summed E-state index contributed by atoms with van der Waals surface area (Å²) in [5.41, 5.74) is 5.26. The third-order valence-corrected chi connectivity index (χ3v) is 3.52. The molecule has 4 unspecified atom stereocenters. The number of carbonyl (C=O) groups excluding carboxylic acids is 3. The number of nitrogens with two attached hydrogens (primary N) is 1. The molecule has 0 aliphatic carbocycles. The predicted molar refractivity (Wildman–Crippen MR) is 91.7 cm³/mol. The van der Waals surface area contributed by atoms with E-state index in [2.05, 4.69) is 23.3 Å². The van der Waals surface area contributed by atoms with Crippen LogP contribution in [0.5, 0.6) is 0 Å². The first-order chi connectivity index (χ1) is 12.6. The van der Waals surface area contributed by atoms with Gasteiger partial charge in [0.15, 0.2) is 0 Å². The Bertz CT molecular complexity index is 574. The molecule has 0 saturated heterocycles. The molecule has 0 aromatic carbocycles. The van der Waals surface area contributed by atoms with Gasteiger partial charge >= 0.3 is 11.9 Å². The Morgan fingerprint density at radius 2 is 1.30 bits per heavy atom. The van der Waals surface area contributed by atoms with Crippen LogP contribution in [0.4, 0.5) is 0 Å². The van der Waals surface area contributed by atoms with Crippen molar-refractivity contribution >= 4 is 42.3 Å². The summed E-state index contributed by atoms with van der Waals surface area (Å²) in [6.07, 6.45) is -0.886. The highest BCUT2D eigenvalue weighted by atomic mass is 32.1. The molecule has 9 N–H and O–H groups in total. The molecule has 4 atom stereocenters. The maximum Gasteiger partial charge on any atom is 0.326 e. The Hall–Kier alpha value is -2.42. The number of carboxylic acid groups (broad SMARTS) is 2. The first kappa shape index (κ1) is 24.6. The summed E-state index contributed by atoms with van der Waals surface area (Å²) in [6, 6.07) is -5.94. The van der Waals surface area contributed by atoms with Crippen molar-refractivity contribution in [1.82, 2.24) is 16.0 Å². The zero-order valence-electron chi connectivity index (χ0n) is 14.0. The third-order valence-electron chi connectivity index (χ3n) is 3.16. The first-order valence-electron chi connectivity index (χ1n) is 7.51. The molecule has 0 aromatic rings. The number of hydrogen-bond donors (Lipinski definition) is 9. The molecular weight excluding hydrogens is 388 g/mol. The molecule has 13 nitrogen and oxygen atoms in total. The lowest BCUT2D eigenvalue weighted by molar-refractivity contribution is -0.147. The van der Waals surface area contributed by atoms with E-state index in [0.717, 1.165) is 0 Å². The fourth-order valence-electron chi connectivity index (χ4n) is 1.67. The molecule has 0 saturated carbocycles. The summed E-state index contributed by atoms with van der Waals surface area (Å²) in [5.74, 6) is -6.30. The number of carbonyl (C=O) groups is 5. The topological polar surface area (TPSA) is 228 Å². The Morgan fingerprint density at radius 3 is 1.70 bits per heavy atom. The summed E-state index contributed by atoms with van der Waals surface area (Å²) >= 11 is 3.85. The fourth-order valence-corrected chi connectivity index (χ4v) is 1.93. The molecular formula is C13H22N4O9S. The van der Waals surface area contributed by atoms with Crippen molar-refractivity contribution in [3.05, 3.63) is 0 Å². The summed E-state index contributed by atoms with van der Waals surface area (Å²) in [5, 5.41) is 41.7. The Balaban J connectivity index is 4.98. The van der Waals surface area contributed by atoms with E-state index in [-0.39, 0.29) is 5.75 Å². The van der Waals surface area contributed by atoms with Gasteiger partial charge in [0.25, 0.3) is 0 Å². The predicted octanol–water partition coefficient (Wildman–Crippen LogP) is -4.76. The van der Waals surface area contributed by atoms with E-state index in [1.165, 1.54) is 0 Å². The largest absolute Gasteiger partial charge is 0.481 e. The van der Waals surface area contributed by atoms with Crippen LogP contribution in [0.15, 0.2) is 0 Å². The van der Waals surface area contributed by atoms with Crippen LogP contribution in [0.25, 0.3) is 0 Å². The van der Waals surface area contributed by atoms with Gasteiger partial charge in [0.05, 0.1) is 19.6 Å². The van der Waals surface area contributed by atoms with E-state index in [1.54, 1.807) is 0 Å². The average Bonchev–Trinajstić information content (AvgIpc) is 2.61. The number of thiol groups is 1. The summed E-state index contributed by atoms with van der Waals surface area (Å²) in [7, 11) is 0. The molecule has 3 amide bonds. The second kappa shape index (κ2) is 12.1. The van der Waals surface area contributed by atoms with Crippen molar-refractivity contribution < 1.29 is 44.4 Å². The van der Waals surface area contributed by atoms with Crippen LogP contribution in [0.1, 0.15) is 6.42 Å². The number of rotatable bonds is 12. The number of aliphatic hydroxyl groups is 2. The van der Waals surface area contributed by atoms with Crippen LogP contribution in [-0.2, 0) is 24.0 Å². The zero-order chi connectivity index (χ0) is 21.1. The van der Waals surface area contributed by atoms with E-state index < -0.39 is 73.5 Å². The molecule has 0 heterocycles. The molecule has 0 spiro atoms. The zero-order valence-corrected chi connectivity index (χ0v) is 14.9. The van der Waals surface area contributed by atoms with Crippen LogP contribution in [0.2, 0.25) is 0 Å². The second-order valence-electron chi connectivity index (χ2n) is 5.27. The smallest absolute Gasteiger partial charge is 0.326 e. The SMILES string of the molecule is NC(CO)C(=O)NC(CO)C(=O)NC(CS)C(=O)NC(CC(=O)O)C(=O)O.